The first kappa shape index (κ1) is 28.3. The fourth-order valence-corrected chi connectivity index (χ4v) is 9.78. The average Bonchev–Trinajstić information content (AvgIpc) is 3.31. The number of fused-ring (bicyclic) bond motifs is 3. The predicted molar refractivity (Wildman–Crippen MR) is 151 cm³/mol. The Morgan fingerprint density at radius 3 is 2.38 bits per heavy atom. The van der Waals surface area contributed by atoms with E-state index in [1.54, 1.807) is 10.6 Å². The zero-order chi connectivity index (χ0) is 28.1. The van der Waals surface area contributed by atoms with Crippen LogP contribution in [0.2, 0.25) is 0 Å². The van der Waals surface area contributed by atoms with E-state index in [9.17, 15) is 26.4 Å². The largest absolute Gasteiger partial charge is 0.349 e. The molecule has 4 atom stereocenters. The van der Waals surface area contributed by atoms with Crippen LogP contribution in [0.5, 0.6) is 0 Å². The van der Waals surface area contributed by atoms with Crippen molar-refractivity contribution in [2.24, 2.45) is 0 Å². The number of amides is 1. The molecule has 4 heterocycles. The lowest BCUT2D eigenvalue weighted by atomic mass is 9.96. The quantitative estimate of drug-likeness (QED) is 0.506. The van der Waals surface area contributed by atoms with Crippen LogP contribution in [-0.4, -0.2) is 91.5 Å². The van der Waals surface area contributed by atoms with Gasteiger partial charge in [0.25, 0.3) is 11.5 Å². The third kappa shape index (κ3) is 5.79. The third-order valence-corrected chi connectivity index (χ3v) is 11.6. The van der Waals surface area contributed by atoms with Gasteiger partial charge < -0.3 is 9.88 Å². The number of pyridine rings is 1. The van der Waals surface area contributed by atoms with Crippen molar-refractivity contribution in [3.63, 3.8) is 0 Å². The zero-order valence-electron chi connectivity index (χ0n) is 22.7. The Balaban J connectivity index is 1.26. The van der Waals surface area contributed by atoms with Crippen LogP contribution in [0.15, 0.2) is 35.1 Å². The Morgan fingerprint density at radius 1 is 1.13 bits per heavy atom. The number of sulfonamides is 1. The number of nitrogens with zero attached hydrogens (tertiary/aromatic N) is 3. The van der Waals surface area contributed by atoms with Gasteiger partial charge in [-0.3, -0.25) is 14.5 Å². The van der Waals surface area contributed by atoms with Gasteiger partial charge in [-0.25, -0.2) is 16.8 Å². The lowest BCUT2D eigenvalue weighted by molar-refractivity contribution is 0.0827. The first-order chi connectivity index (χ1) is 18.3. The minimum Gasteiger partial charge on any atom is -0.349 e. The van der Waals surface area contributed by atoms with Crippen LogP contribution in [0.25, 0.3) is 10.9 Å². The van der Waals surface area contributed by atoms with Crippen molar-refractivity contribution in [2.75, 3.05) is 30.9 Å². The first-order valence-corrected chi connectivity index (χ1v) is 17.4. The molecule has 0 saturated carbocycles. The molecule has 3 aliphatic rings. The minimum absolute atomic E-state index is 0.0273. The molecule has 1 aromatic heterocycles. The minimum atomic E-state index is -3.55. The standard InChI is InChI=1S/C27H38N4O6S2/c1-18(2)31-25-7-5-4-6-19(25)14-24(27(31)33)26(32)28-20-15-21-8-9-22(16-20)29(21)11-12-30(38(3,34)35)23-10-13-39(36,37)17-23/h4-7,14,18,20-23H,8-13,15-17H2,1-3H3,(H,28,32)/t20-,21-,22+,23?. The molecule has 1 aromatic carbocycles. The molecule has 39 heavy (non-hydrogen) atoms. The number of benzene rings is 1. The number of carbonyl (C=O) groups is 1. The molecule has 1 amide bonds. The number of hydrogen-bond donors (Lipinski definition) is 1. The Bertz CT molecular complexity index is 1520. The van der Waals surface area contributed by atoms with Gasteiger partial charge in [0, 0.05) is 43.3 Å². The highest BCUT2D eigenvalue weighted by molar-refractivity contribution is 7.92. The normalized spacial score (nSPS) is 27.0. The Morgan fingerprint density at radius 2 is 1.79 bits per heavy atom. The number of piperidine rings is 1. The third-order valence-electron chi connectivity index (χ3n) is 8.55. The van der Waals surface area contributed by atoms with Crippen molar-refractivity contribution in [2.45, 2.75) is 76.2 Å². The van der Waals surface area contributed by atoms with Gasteiger partial charge in [-0.15, -0.1) is 0 Å². The van der Waals surface area contributed by atoms with E-state index < -0.39 is 25.9 Å². The van der Waals surface area contributed by atoms with Gasteiger partial charge >= 0.3 is 0 Å². The second kappa shape index (κ2) is 10.6. The van der Waals surface area contributed by atoms with Gasteiger partial charge in [-0.05, 0) is 63.5 Å². The summed E-state index contributed by atoms with van der Waals surface area (Å²) in [5, 5.41) is 3.96. The molecule has 12 heteroatoms. The topological polar surface area (TPSA) is 126 Å². The Hall–Kier alpha value is -2.28. The molecule has 214 valence electrons. The fraction of sp³-hybridized carbons (Fsp3) is 0.630. The van der Waals surface area contributed by atoms with E-state index in [-0.39, 0.29) is 59.2 Å². The maximum Gasteiger partial charge on any atom is 0.264 e. The summed E-state index contributed by atoms with van der Waals surface area (Å²) in [4.78, 5) is 28.9. The summed E-state index contributed by atoms with van der Waals surface area (Å²) in [6, 6.07) is 8.98. The summed E-state index contributed by atoms with van der Waals surface area (Å²) < 4.78 is 52.0. The van der Waals surface area contributed by atoms with Crippen LogP contribution in [0, 0.1) is 0 Å². The van der Waals surface area contributed by atoms with Crippen molar-refractivity contribution in [3.8, 4) is 0 Å². The molecule has 0 spiro atoms. The van der Waals surface area contributed by atoms with Crippen LogP contribution < -0.4 is 10.9 Å². The summed E-state index contributed by atoms with van der Waals surface area (Å²) in [5.74, 6) is -0.447. The highest BCUT2D eigenvalue weighted by Crippen LogP contribution is 2.36. The molecule has 2 bridgehead atoms. The molecule has 1 unspecified atom stereocenters. The van der Waals surface area contributed by atoms with Crippen molar-refractivity contribution in [1.29, 1.82) is 0 Å². The van der Waals surface area contributed by atoms with Gasteiger partial charge in [0.1, 0.15) is 5.56 Å². The molecule has 0 aliphatic carbocycles. The van der Waals surface area contributed by atoms with Crippen molar-refractivity contribution < 1.29 is 21.6 Å². The molecular formula is C27H38N4O6S2. The maximum absolute atomic E-state index is 13.3. The highest BCUT2D eigenvalue weighted by atomic mass is 32.2. The predicted octanol–water partition coefficient (Wildman–Crippen LogP) is 1.76. The Kier molecular flexibility index (Phi) is 7.68. The number of sulfone groups is 1. The maximum atomic E-state index is 13.3. The van der Waals surface area contributed by atoms with Gasteiger partial charge in [-0.1, -0.05) is 18.2 Å². The fourth-order valence-electron chi connectivity index (χ4n) is 6.82. The van der Waals surface area contributed by atoms with E-state index in [0.717, 1.165) is 42.8 Å². The number of nitrogens with one attached hydrogen (secondary N) is 1. The molecule has 1 N–H and O–H groups in total. The van der Waals surface area contributed by atoms with Gasteiger partial charge in [-0.2, -0.15) is 4.31 Å². The summed E-state index contributed by atoms with van der Waals surface area (Å²) >= 11 is 0. The molecule has 10 nitrogen and oxygen atoms in total. The number of para-hydroxylation sites is 1. The molecule has 3 fully saturated rings. The first-order valence-electron chi connectivity index (χ1n) is 13.7. The lowest BCUT2D eigenvalue weighted by Crippen LogP contribution is -2.53. The van der Waals surface area contributed by atoms with Crippen LogP contribution in [0.3, 0.4) is 0 Å². The van der Waals surface area contributed by atoms with E-state index in [1.165, 1.54) is 4.31 Å². The summed E-state index contributed by atoms with van der Waals surface area (Å²) in [6.07, 6.45) is 4.86. The lowest BCUT2D eigenvalue weighted by Gasteiger charge is -2.40. The summed E-state index contributed by atoms with van der Waals surface area (Å²) in [5.41, 5.74) is 0.655. The smallest absolute Gasteiger partial charge is 0.264 e. The van der Waals surface area contributed by atoms with E-state index >= 15 is 0 Å². The van der Waals surface area contributed by atoms with Gasteiger partial charge in [0.05, 0.1) is 23.3 Å². The zero-order valence-corrected chi connectivity index (χ0v) is 24.4. The van der Waals surface area contributed by atoms with E-state index in [0.29, 0.717) is 13.0 Å². The van der Waals surface area contributed by atoms with Crippen LogP contribution >= 0.6 is 0 Å². The highest BCUT2D eigenvalue weighted by Gasteiger charge is 2.42. The number of hydrogen-bond acceptors (Lipinski definition) is 7. The Labute approximate surface area is 230 Å². The second-order valence-corrected chi connectivity index (χ2v) is 15.7. The van der Waals surface area contributed by atoms with E-state index in [1.807, 2.05) is 38.1 Å². The number of rotatable bonds is 8. The molecule has 3 aliphatic heterocycles. The molecule has 0 radical (unpaired) electrons. The SMILES string of the molecule is CC(C)n1c(=O)c(C(=O)N[C@@H]2C[C@H]3CC[C@@H](C2)N3CCN(C2CCS(=O)(=O)C2)S(C)(=O)=O)cc2ccccc21. The monoisotopic (exact) mass is 578 g/mol. The average molecular weight is 579 g/mol. The van der Waals surface area contributed by atoms with Crippen molar-refractivity contribution in [1.82, 2.24) is 19.1 Å². The van der Waals surface area contributed by atoms with Crippen LogP contribution in [-0.2, 0) is 19.9 Å². The van der Waals surface area contributed by atoms with Crippen molar-refractivity contribution in [3.05, 3.63) is 46.2 Å². The number of carbonyl (C=O) groups excluding carboxylic acids is 1. The van der Waals surface area contributed by atoms with Gasteiger partial charge in [0.15, 0.2) is 9.84 Å². The van der Waals surface area contributed by atoms with Crippen LogP contribution in [0.4, 0.5) is 0 Å². The van der Waals surface area contributed by atoms with E-state index in [4.69, 9.17) is 0 Å². The molecule has 5 rings (SSSR count). The summed E-state index contributed by atoms with van der Waals surface area (Å²) in [6.45, 7) is 4.65. The summed E-state index contributed by atoms with van der Waals surface area (Å²) in [7, 11) is -6.75. The number of aromatic nitrogens is 1. The molecule has 2 aromatic rings. The van der Waals surface area contributed by atoms with Crippen molar-refractivity contribution >= 4 is 36.7 Å². The molecule has 3 saturated heterocycles. The van der Waals surface area contributed by atoms with Gasteiger partial charge in [0.2, 0.25) is 10.0 Å². The van der Waals surface area contributed by atoms with E-state index in [2.05, 4.69) is 10.2 Å². The van der Waals surface area contributed by atoms with Crippen LogP contribution in [0.1, 0.15) is 62.4 Å². The molecular weight excluding hydrogens is 540 g/mol. The second-order valence-electron chi connectivity index (χ2n) is 11.6.